The molecule has 0 spiro atoms. The van der Waals surface area contributed by atoms with Gasteiger partial charge in [0.05, 0.1) is 9.46 Å². The third-order valence-corrected chi connectivity index (χ3v) is 5.41. The van der Waals surface area contributed by atoms with Crippen LogP contribution in [0.3, 0.4) is 0 Å². The molecule has 2 aromatic heterocycles. The fourth-order valence-electron chi connectivity index (χ4n) is 1.74. The predicted octanol–water partition coefficient (Wildman–Crippen LogP) is 3.58. The fourth-order valence-corrected chi connectivity index (χ4v) is 3.76. The summed E-state index contributed by atoms with van der Waals surface area (Å²) in [4.78, 5) is 16.4. The Balaban J connectivity index is 1.93. The second-order valence-corrected chi connectivity index (χ2v) is 7.18. The Labute approximate surface area is 127 Å². The van der Waals surface area contributed by atoms with E-state index < -0.39 is 0 Å². The summed E-state index contributed by atoms with van der Waals surface area (Å²) in [5.74, 6) is 0.373. The maximum atomic E-state index is 12.3. The lowest BCUT2D eigenvalue weighted by Gasteiger charge is -2.19. The van der Waals surface area contributed by atoms with E-state index in [0.717, 1.165) is 5.56 Å². The monoisotopic (exact) mass is 306 g/mol. The molecule has 3 nitrogen and oxygen atoms in total. The molecule has 1 N–H and O–H groups in total. The van der Waals surface area contributed by atoms with Crippen LogP contribution in [0.5, 0.6) is 0 Å². The molecule has 2 aromatic rings. The third kappa shape index (κ3) is 4.35. The molecule has 0 radical (unpaired) electrons. The molecular formula is C15H18N2OS2. The number of pyridine rings is 1. The number of amides is 1. The van der Waals surface area contributed by atoms with Crippen LogP contribution in [0, 0.1) is 5.92 Å². The molecule has 5 heteroatoms. The van der Waals surface area contributed by atoms with Crippen molar-refractivity contribution in [3.05, 3.63) is 47.6 Å². The van der Waals surface area contributed by atoms with Gasteiger partial charge in [-0.2, -0.15) is 0 Å². The van der Waals surface area contributed by atoms with Gasteiger partial charge in [-0.1, -0.05) is 26.0 Å². The van der Waals surface area contributed by atoms with Crippen LogP contribution >= 0.6 is 23.1 Å². The van der Waals surface area contributed by atoms with Gasteiger partial charge >= 0.3 is 0 Å². The first-order chi connectivity index (χ1) is 9.66. The molecule has 20 heavy (non-hydrogen) atoms. The molecule has 0 fully saturated rings. The van der Waals surface area contributed by atoms with E-state index in [1.165, 1.54) is 4.21 Å². The summed E-state index contributed by atoms with van der Waals surface area (Å²) in [5, 5.41) is 4.97. The van der Waals surface area contributed by atoms with E-state index >= 15 is 0 Å². The highest BCUT2D eigenvalue weighted by molar-refractivity contribution is 8.02. The molecule has 106 valence electrons. The Bertz CT molecular complexity index is 526. The topological polar surface area (TPSA) is 42.0 Å². The zero-order valence-electron chi connectivity index (χ0n) is 11.6. The van der Waals surface area contributed by atoms with Gasteiger partial charge in [0.15, 0.2) is 0 Å². The molecule has 1 atom stereocenters. The van der Waals surface area contributed by atoms with Gasteiger partial charge in [0.1, 0.15) is 0 Å². The van der Waals surface area contributed by atoms with E-state index in [1.54, 1.807) is 35.5 Å². The Morgan fingerprint density at radius 3 is 2.85 bits per heavy atom. The predicted molar refractivity (Wildman–Crippen MR) is 84.9 cm³/mol. The number of hydrogen-bond donors (Lipinski definition) is 1. The largest absolute Gasteiger partial charge is 0.351 e. The Morgan fingerprint density at radius 2 is 2.25 bits per heavy atom. The number of hydrogen-bond acceptors (Lipinski definition) is 4. The maximum Gasteiger partial charge on any atom is 0.234 e. The lowest BCUT2D eigenvalue weighted by molar-refractivity contribution is -0.121. The Kier molecular flexibility index (Phi) is 5.61. The molecule has 0 aliphatic heterocycles. The Morgan fingerprint density at radius 1 is 1.40 bits per heavy atom. The quantitative estimate of drug-likeness (QED) is 0.830. The lowest BCUT2D eigenvalue weighted by atomic mass is 10.1. The summed E-state index contributed by atoms with van der Waals surface area (Å²) in [6.45, 7) is 4.69. The summed E-state index contributed by atoms with van der Waals surface area (Å²) < 4.78 is 1.18. The van der Waals surface area contributed by atoms with Crippen molar-refractivity contribution in [1.82, 2.24) is 10.3 Å². The zero-order valence-corrected chi connectivity index (χ0v) is 13.2. The van der Waals surface area contributed by atoms with Gasteiger partial charge in [0, 0.05) is 18.9 Å². The van der Waals surface area contributed by atoms with Gasteiger partial charge in [0.2, 0.25) is 5.91 Å². The van der Waals surface area contributed by atoms with Gasteiger partial charge < -0.3 is 5.32 Å². The average Bonchev–Trinajstić information content (AvgIpc) is 2.96. The summed E-state index contributed by atoms with van der Waals surface area (Å²) in [7, 11) is 0. The van der Waals surface area contributed by atoms with E-state index in [9.17, 15) is 4.79 Å². The van der Waals surface area contributed by atoms with Crippen molar-refractivity contribution >= 4 is 29.0 Å². The average molecular weight is 306 g/mol. The molecule has 0 aliphatic carbocycles. The van der Waals surface area contributed by atoms with Crippen molar-refractivity contribution in [3.8, 4) is 0 Å². The fraction of sp³-hybridized carbons (Fsp3) is 0.333. The van der Waals surface area contributed by atoms with Crippen LogP contribution in [0.15, 0.2) is 46.2 Å². The van der Waals surface area contributed by atoms with E-state index in [2.05, 4.69) is 30.2 Å². The molecular weight excluding hydrogens is 288 g/mol. The van der Waals surface area contributed by atoms with E-state index in [1.807, 2.05) is 23.6 Å². The molecule has 0 aliphatic rings. The first-order valence-corrected chi connectivity index (χ1v) is 8.29. The number of nitrogens with zero attached hydrogens (tertiary/aromatic N) is 1. The van der Waals surface area contributed by atoms with Crippen LogP contribution < -0.4 is 5.32 Å². The molecule has 0 unspecified atom stereocenters. The molecule has 2 heterocycles. The van der Waals surface area contributed by atoms with Gasteiger partial charge in [-0.3, -0.25) is 9.78 Å². The number of thiophene rings is 1. The third-order valence-electron chi connectivity index (χ3n) is 2.79. The van der Waals surface area contributed by atoms with Crippen LogP contribution in [0.2, 0.25) is 0 Å². The van der Waals surface area contributed by atoms with Gasteiger partial charge in [-0.25, -0.2) is 0 Å². The number of nitrogens with one attached hydrogen (secondary N) is 1. The Hall–Kier alpha value is -1.33. The van der Waals surface area contributed by atoms with Crippen LogP contribution in [0.4, 0.5) is 0 Å². The van der Waals surface area contributed by atoms with E-state index in [0.29, 0.717) is 6.54 Å². The highest BCUT2D eigenvalue weighted by Gasteiger charge is 2.23. The van der Waals surface area contributed by atoms with Gasteiger partial charge in [-0.05, 0) is 29.0 Å². The van der Waals surface area contributed by atoms with Crippen molar-refractivity contribution in [2.75, 3.05) is 0 Å². The molecule has 0 saturated carbocycles. The second kappa shape index (κ2) is 7.45. The molecule has 0 bridgehead atoms. The van der Waals surface area contributed by atoms with Crippen molar-refractivity contribution in [2.45, 2.75) is 29.9 Å². The van der Waals surface area contributed by atoms with Crippen molar-refractivity contribution in [1.29, 1.82) is 0 Å². The van der Waals surface area contributed by atoms with Crippen LogP contribution in [0.1, 0.15) is 19.4 Å². The number of carbonyl (C=O) groups is 1. The van der Waals surface area contributed by atoms with Crippen LogP contribution in [-0.2, 0) is 11.3 Å². The van der Waals surface area contributed by atoms with Crippen molar-refractivity contribution in [2.24, 2.45) is 5.92 Å². The molecule has 2 rings (SSSR count). The summed E-state index contributed by atoms with van der Waals surface area (Å²) >= 11 is 3.31. The first kappa shape index (κ1) is 15.1. The minimum Gasteiger partial charge on any atom is -0.351 e. The van der Waals surface area contributed by atoms with Crippen molar-refractivity contribution in [3.63, 3.8) is 0 Å². The lowest BCUT2D eigenvalue weighted by Crippen LogP contribution is -2.35. The highest BCUT2D eigenvalue weighted by Crippen LogP contribution is 2.31. The molecule has 1 amide bonds. The SMILES string of the molecule is CC(C)[C@H](Sc1cccs1)C(=O)NCc1cccnc1. The minimum atomic E-state index is -0.0645. The maximum absolute atomic E-state index is 12.3. The summed E-state index contributed by atoms with van der Waals surface area (Å²) in [5.41, 5.74) is 1.02. The number of carbonyl (C=O) groups excluding carboxylic acids is 1. The highest BCUT2D eigenvalue weighted by atomic mass is 32.2. The van der Waals surface area contributed by atoms with Crippen LogP contribution in [0.25, 0.3) is 0 Å². The number of aromatic nitrogens is 1. The molecule has 0 aromatic carbocycles. The minimum absolute atomic E-state index is 0.0645. The van der Waals surface area contributed by atoms with Crippen molar-refractivity contribution < 1.29 is 4.79 Å². The van der Waals surface area contributed by atoms with Crippen LogP contribution in [-0.4, -0.2) is 16.1 Å². The summed E-state index contributed by atoms with van der Waals surface area (Å²) in [6.07, 6.45) is 3.51. The van der Waals surface area contributed by atoms with Gasteiger partial charge in [-0.15, -0.1) is 23.1 Å². The molecule has 0 saturated heterocycles. The second-order valence-electron chi connectivity index (χ2n) is 4.79. The van der Waals surface area contributed by atoms with Gasteiger partial charge in [0.25, 0.3) is 0 Å². The number of rotatable bonds is 6. The normalized spacial score (nSPS) is 12.3. The van der Waals surface area contributed by atoms with E-state index in [-0.39, 0.29) is 17.1 Å². The number of thioether (sulfide) groups is 1. The smallest absolute Gasteiger partial charge is 0.234 e. The van der Waals surface area contributed by atoms with E-state index in [4.69, 9.17) is 0 Å². The standard InChI is InChI=1S/C15H18N2OS2/c1-11(2)14(20-13-6-4-8-19-13)15(18)17-10-12-5-3-7-16-9-12/h3-9,11,14H,10H2,1-2H3,(H,17,18)/t14-/m0/s1. The zero-order chi connectivity index (χ0) is 14.4. The summed E-state index contributed by atoms with van der Waals surface area (Å²) in [6, 6.07) is 7.91. The first-order valence-electron chi connectivity index (χ1n) is 6.53.